The van der Waals surface area contributed by atoms with Gasteiger partial charge in [0, 0.05) is 22.3 Å². The monoisotopic (exact) mass is 506 g/mol. The van der Waals surface area contributed by atoms with E-state index in [9.17, 15) is 9.59 Å². The van der Waals surface area contributed by atoms with E-state index >= 15 is 0 Å². The minimum absolute atomic E-state index is 0.0574. The summed E-state index contributed by atoms with van der Waals surface area (Å²) >= 11 is 4.98. The predicted octanol–water partition coefficient (Wildman–Crippen LogP) is 5.02. The second-order valence-electron chi connectivity index (χ2n) is 8.40. The molecule has 0 radical (unpaired) electrons. The number of amides is 2. The summed E-state index contributed by atoms with van der Waals surface area (Å²) in [7, 11) is 1.64. The Hall–Kier alpha value is -1.99. The fraction of sp³-hybridized carbons (Fsp3) is 0.417. The first-order valence-corrected chi connectivity index (χ1v) is 12.1. The SMILES string of the molecule is COc1ccc(CSCC(=O)N(Cc2ccc(Br)cc2)C(C)C(=O)NC(C)(C)C)cc1. The van der Waals surface area contributed by atoms with Crippen molar-refractivity contribution in [3.05, 3.63) is 64.1 Å². The zero-order chi connectivity index (χ0) is 23.0. The van der Waals surface area contributed by atoms with E-state index in [-0.39, 0.29) is 17.4 Å². The third kappa shape index (κ3) is 8.57. The molecule has 1 atom stereocenters. The zero-order valence-electron chi connectivity index (χ0n) is 18.8. The molecule has 0 aliphatic heterocycles. The summed E-state index contributed by atoms with van der Waals surface area (Å²) in [6.07, 6.45) is 0. The van der Waals surface area contributed by atoms with Crippen LogP contribution in [0.5, 0.6) is 5.75 Å². The number of ether oxygens (including phenoxy) is 1. The number of hydrogen-bond acceptors (Lipinski definition) is 4. The van der Waals surface area contributed by atoms with Gasteiger partial charge in [-0.05, 0) is 63.1 Å². The van der Waals surface area contributed by atoms with E-state index in [0.29, 0.717) is 18.1 Å². The molecular formula is C24H31BrN2O3S. The molecule has 0 saturated carbocycles. The Kier molecular flexibility index (Phi) is 9.44. The van der Waals surface area contributed by atoms with Crippen LogP contribution < -0.4 is 10.1 Å². The van der Waals surface area contributed by atoms with Gasteiger partial charge in [0.25, 0.3) is 0 Å². The fourth-order valence-corrected chi connectivity index (χ4v) is 4.04. The Morgan fingerprint density at radius 2 is 1.65 bits per heavy atom. The average molecular weight is 507 g/mol. The van der Waals surface area contributed by atoms with Crippen molar-refractivity contribution in [3.63, 3.8) is 0 Å². The van der Waals surface area contributed by atoms with Crippen molar-refractivity contribution in [3.8, 4) is 5.75 Å². The van der Waals surface area contributed by atoms with Gasteiger partial charge in [-0.25, -0.2) is 0 Å². The van der Waals surface area contributed by atoms with Gasteiger partial charge in [-0.2, -0.15) is 0 Å². The summed E-state index contributed by atoms with van der Waals surface area (Å²) in [4.78, 5) is 27.5. The smallest absolute Gasteiger partial charge is 0.242 e. The maximum absolute atomic E-state index is 13.1. The molecule has 0 aliphatic carbocycles. The number of hydrogen-bond donors (Lipinski definition) is 1. The first-order valence-electron chi connectivity index (χ1n) is 10.2. The summed E-state index contributed by atoms with van der Waals surface area (Å²) in [6.45, 7) is 7.97. The number of benzene rings is 2. The Labute approximate surface area is 198 Å². The number of carbonyl (C=O) groups excluding carboxylic acids is 2. The number of nitrogens with one attached hydrogen (secondary N) is 1. The summed E-state index contributed by atoms with van der Waals surface area (Å²) in [5.74, 6) is 1.61. The van der Waals surface area contributed by atoms with Gasteiger partial charge in [0.2, 0.25) is 11.8 Å². The van der Waals surface area contributed by atoms with Crippen LogP contribution in [-0.2, 0) is 21.9 Å². The van der Waals surface area contributed by atoms with Crippen molar-refractivity contribution in [2.45, 2.75) is 51.6 Å². The molecule has 0 spiro atoms. The van der Waals surface area contributed by atoms with Crippen LogP contribution in [-0.4, -0.2) is 41.2 Å². The number of thioether (sulfide) groups is 1. The van der Waals surface area contributed by atoms with E-state index in [4.69, 9.17) is 4.74 Å². The predicted molar refractivity (Wildman–Crippen MR) is 131 cm³/mol. The third-order valence-electron chi connectivity index (χ3n) is 4.58. The standard InChI is InChI=1S/C24H31BrN2O3S/c1-17(23(29)26-24(2,3)4)27(14-18-6-10-20(25)11-7-18)22(28)16-31-15-19-8-12-21(30-5)13-9-19/h6-13,17H,14-16H2,1-5H3,(H,26,29). The topological polar surface area (TPSA) is 58.6 Å². The average Bonchev–Trinajstić information content (AvgIpc) is 2.72. The molecular weight excluding hydrogens is 476 g/mol. The number of nitrogens with zero attached hydrogens (tertiary/aromatic N) is 1. The molecule has 0 heterocycles. The Morgan fingerprint density at radius 3 is 2.19 bits per heavy atom. The van der Waals surface area contributed by atoms with Gasteiger partial charge in [0.05, 0.1) is 12.9 Å². The normalized spacial score (nSPS) is 12.2. The van der Waals surface area contributed by atoms with E-state index in [1.54, 1.807) is 30.7 Å². The van der Waals surface area contributed by atoms with E-state index in [1.165, 1.54) is 0 Å². The van der Waals surface area contributed by atoms with Crippen LogP contribution in [0.2, 0.25) is 0 Å². The fourth-order valence-electron chi connectivity index (χ4n) is 2.90. The van der Waals surface area contributed by atoms with Crippen molar-refractivity contribution in [2.75, 3.05) is 12.9 Å². The van der Waals surface area contributed by atoms with E-state index in [1.807, 2.05) is 69.3 Å². The molecule has 0 fully saturated rings. The molecule has 168 valence electrons. The van der Waals surface area contributed by atoms with E-state index < -0.39 is 6.04 Å². The summed E-state index contributed by atoms with van der Waals surface area (Å²) in [5, 5.41) is 2.98. The van der Waals surface area contributed by atoms with Crippen LogP contribution in [0, 0.1) is 0 Å². The lowest BCUT2D eigenvalue weighted by atomic mass is 10.1. The highest BCUT2D eigenvalue weighted by Gasteiger charge is 2.28. The number of halogens is 1. The van der Waals surface area contributed by atoms with Crippen molar-refractivity contribution in [1.82, 2.24) is 10.2 Å². The first kappa shape index (κ1) is 25.3. The van der Waals surface area contributed by atoms with Crippen molar-refractivity contribution in [2.24, 2.45) is 0 Å². The molecule has 2 amide bonds. The molecule has 2 rings (SSSR count). The molecule has 0 aromatic heterocycles. The highest BCUT2D eigenvalue weighted by molar-refractivity contribution is 9.10. The Balaban J connectivity index is 2.06. The van der Waals surface area contributed by atoms with Gasteiger partial charge >= 0.3 is 0 Å². The lowest BCUT2D eigenvalue weighted by molar-refractivity contribution is -0.139. The van der Waals surface area contributed by atoms with Crippen LogP contribution in [0.3, 0.4) is 0 Å². The van der Waals surface area contributed by atoms with Crippen molar-refractivity contribution < 1.29 is 14.3 Å². The number of methoxy groups -OCH3 is 1. The van der Waals surface area contributed by atoms with Crippen LogP contribution >= 0.6 is 27.7 Å². The third-order valence-corrected chi connectivity index (χ3v) is 6.10. The first-order chi connectivity index (χ1) is 14.6. The van der Waals surface area contributed by atoms with Crippen LogP contribution in [0.4, 0.5) is 0 Å². The van der Waals surface area contributed by atoms with Crippen LogP contribution in [0.15, 0.2) is 53.0 Å². The second kappa shape index (κ2) is 11.6. The van der Waals surface area contributed by atoms with Gasteiger partial charge in [-0.1, -0.05) is 40.2 Å². The summed E-state index contributed by atoms with van der Waals surface area (Å²) < 4.78 is 6.16. The summed E-state index contributed by atoms with van der Waals surface area (Å²) in [5.41, 5.74) is 1.74. The van der Waals surface area contributed by atoms with E-state index in [2.05, 4.69) is 21.2 Å². The molecule has 7 heteroatoms. The van der Waals surface area contributed by atoms with Gasteiger partial charge in [0.15, 0.2) is 0 Å². The molecule has 31 heavy (non-hydrogen) atoms. The minimum atomic E-state index is -0.572. The minimum Gasteiger partial charge on any atom is -0.497 e. The molecule has 0 saturated heterocycles. The summed E-state index contributed by atoms with van der Waals surface area (Å²) in [6, 6.07) is 15.0. The molecule has 2 aromatic carbocycles. The molecule has 1 unspecified atom stereocenters. The molecule has 1 N–H and O–H groups in total. The quantitative estimate of drug-likeness (QED) is 0.518. The highest BCUT2D eigenvalue weighted by Crippen LogP contribution is 2.19. The lowest BCUT2D eigenvalue weighted by Gasteiger charge is -2.31. The maximum atomic E-state index is 13.1. The number of rotatable bonds is 9. The van der Waals surface area contributed by atoms with Crippen molar-refractivity contribution in [1.29, 1.82) is 0 Å². The number of carbonyl (C=O) groups is 2. The van der Waals surface area contributed by atoms with Crippen LogP contribution in [0.1, 0.15) is 38.8 Å². The van der Waals surface area contributed by atoms with Gasteiger partial charge < -0.3 is 15.0 Å². The van der Waals surface area contributed by atoms with Crippen LogP contribution in [0.25, 0.3) is 0 Å². The molecule has 0 aliphatic rings. The van der Waals surface area contributed by atoms with Gasteiger partial charge in [-0.15, -0.1) is 11.8 Å². The zero-order valence-corrected chi connectivity index (χ0v) is 21.2. The Morgan fingerprint density at radius 1 is 1.06 bits per heavy atom. The lowest BCUT2D eigenvalue weighted by Crippen LogP contribution is -2.52. The van der Waals surface area contributed by atoms with Gasteiger partial charge in [0.1, 0.15) is 11.8 Å². The molecule has 0 bridgehead atoms. The van der Waals surface area contributed by atoms with Gasteiger partial charge in [-0.3, -0.25) is 9.59 Å². The van der Waals surface area contributed by atoms with E-state index in [0.717, 1.165) is 21.3 Å². The van der Waals surface area contributed by atoms with Crippen molar-refractivity contribution >= 4 is 39.5 Å². The largest absolute Gasteiger partial charge is 0.497 e. The Bertz CT molecular complexity index is 864. The molecule has 2 aromatic rings. The molecule has 5 nitrogen and oxygen atoms in total. The maximum Gasteiger partial charge on any atom is 0.242 e. The second-order valence-corrected chi connectivity index (χ2v) is 10.3. The highest BCUT2D eigenvalue weighted by atomic mass is 79.9.